The molecule has 1 N–H and O–H groups in total. The number of rotatable bonds is 7. The lowest BCUT2D eigenvalue weighted by atomic mass is 10.2. The van der Waals surface area contributed by atoms with Crippen LogP contribution in [0.25, 0.3) is 6.08 Å². The van der Waals surface area contributed by atoms with Gasteiger partial charge in [-0.05, 0) is 35.9 Å². The van der Waals surface area contributed by atoms with Crippen LogP contribution in [-0.4, -0.2) is 19.6 Å². The Morgan fingerprint density at radius 3 is 2.56 bits per heavy atom. The molecule has 0 unspecified atom stereocenters. The van der Waals surface area contributed by atoms with Crippen molar-refractivity contribution in [1.29, 1.82) is 0 Å². The smallest absolute Gasteiger partial charge is 0.248 e. The van der Waals surface area contributed by atoms with E-state index in [2.05, 4.69) is 11.9 Å². The lowest BCUT2D eigenvalue weighted by Crippen LogP contribution is -2.10. The summed E-state index contributed by atoms with van der Waals surface area (Å²) in [5.41, 5.74) is 0.176. The first-order chi connectivity index (χ1) is 12.0. The van der Waals surface area contributed by atoms with Gasteiger partial charge < -0.3 is 14.8 Å². The lowest BCUT2D eigenvalue weighted by Gasteiger charge is -2.09. The number of ether oxygens (including phenoxy) is 2. The summed E-state index contributed by atoms with van der Waals surface area (Å²) < 4.78 is 37.7. The van der Waals surface area contributed by atoms with E-state index in [0.29, 0.717) is 23.7 Å². The molecule has 2 aromatic rings. The third-order valence-electron chi connectivity index (χ3n) is 3.18. The molecule has 0 aliphatic heterocycles. The Hall–Kier alpha value is -3.15. The lowest BCUT2D eigenvalue weighted by molar-refractivity contribution is -0.111. The number of methoxy groups -OCH3 is 1. The molecule has 0 aliphatic carbocycles. The van der Waals surface area contributed by atoms with Crippen LogP contribution in [-0.2, 0) is 4.79 Å². The molecular formula is C19H17F2NO3. The Morgan fingerprint density at radius 1 is 1.20 bits per heavy atom. The van der Waals surface area contributed by atoms with E-state index in [4.69, 9.17) is 9.47 Å². The summed E-state index contributed by atoms with van der Waals surface area (Å²) in [4.78, 5) is 11.9. The summed E-state index contributed by atoms with van der Waals surface area (Å²) in [5.74, 6) is -1.31. The maximum absolute atomic E-state index is 13.5. The summed E-state index contributed by atoms with van der Waals surface area (Å²) >= 11 is 0. The van der Waals surface area contributed by atoms with E-state index in [1.165, 1.54) is 25.3 Å². The number of carbonyl (C=O) groups excluding carboxylic acids is 1. The predicted molar refractivity (Wildman–Crippen MR) is 92.7 cm³/mol. The molecule has 0 saturated carbocycles. The molecule has 0 saturated heterocycles. The van der Waals surface area contributed by atoms with E-state index >= 15 is 0 Å². The number of carbonyl (C=O) groups is 1. The first-order valence-corrected chi connectivity index (χ1v) is 7.40. The Kier molecular flexibility index (Phi) is 6.28. The zero-order valence-corrected chi connectivity index (χ0v) is 13.6. The van der Waals surface area contributed by atoms with Crippen LogP contribution < -0.4 is 14.8 Å². The maximum Gasteiger partial charge on any atom is 0.248 e. The standard InChI is InChI=1S/C19H17F2NO3/c1-3-11-25-16-9-7-13(12-17(16)24-2)8-10-18(23)22-19-14(20)5-4-6-15(19)21/h3-10,12H,1,11H2,2H3,(H,22,23). The second-order valence-electron chi connectivity index (χ2n) is 4.93. The molecule has 0 heterocycles. The minimum atomic E-state index is -0.841. The second-order valence-corrected chi connectivity index (χ2v) is 4.93. The highest BCUT2D eigenvalue weighted by molar-refractivity contribution is 6.02. The molecule has 4 nitrogen and oxygen atoms in total. The number of para-hydroxylation sites is 1. The number of hydrogen-bond donors (Lipinski definition) is 1. The van der Waals surface area contributed by atoms with Crippen molar-refractivity contribution in [3.63, 3.8) is 0 Å². The molecule has 1 amide bonds. The molecule has 6 heteroatoms. The van der Waals surface area contributed by atoms with Gasteiger partial charge in [0.1, 0.15) is 23.9 Å². The number of benzene rings is 2. The van der Waals surface area contributed by atoms with Crippen LogP contribution in [0.1, 0.15) is 5.56 Å². The zero-order valence-electron chi connectivity index (χ0n) is 13.6. The van der Waals surface area contributed by atoms with Crippen LogP contribution in [0.3, 0.4) is 0 Å². The normalized spacial score (nSPS) is 10.5. The van der Waals surface area contributed by atoms with E-state index in [1.54, 1.807) is 24.3 Å². The van der Waals surface area contributed by atoms with E-state index < -0.39 is 23.2 Å². The van der Waals surface area contributed by atoms with Gasteiger partial charge in [-0.1, -0.05) is 24.8 Å². The number of halogens is 2. The quantitative estimate of drug-likeness (QED) is 0.605. The van der Waals surface area contributed by atoms with Crippen LogP contribution in [0.2, 0.25) is 0 Å². The molecule has 0 aliphatic rings. The number of amides is 1. The molecule has 0 spiro atoms. The van der Waals surface area contributed by atoms with Gasteiger partial charge in [0.05, 0.1) is 7.11 Å². The van der Waals surface area contributed by atoms with Crippen molar-refractivity contribution >= 4 is 17.7 Å². The SMILES string of the molecule is C=CCOc1ccc(C=CC(=O)Nc2c(F)cccc2F)cc1OC. The van der Waals surface area contributed by atoms with Crippen molar-refractivity contribution in [3.05, 3.63) is 72.3 Å². The van der Waals surface area contributed by atoms with Crippen LogP contribution >= 0.6 is 0 Å². The molecule has 130 valence electrons. The Balaban J connectivity index is 2.10. The molecule has 25 heavy (non-hydrogen) atoms. The fourth-order valence-electron chi connectivity index (χ4n) is 2.01. The molecule has 0 aromatic heterocycles. The second kappa shape index (κ2) is 8.63. The molecule has 0 bridgehead atoms. The third kappa shape index (κ3) is 4.91. The Labute approximate surface area is 144 Å². The van der Waals surface area contributed by atoms with Gasteiger partial charge in [0, 0.05) is 6.08 Å². The molecular weight excluding hydrogens is 328 g/mol. The predicted octanol–water partition coefficient (Wildman–Crippen LogP) is 4.19. The minimum Gasteiger partial charge on any atom is -0.493 e. The van der Waals surface area contributed by atoms with Crippen molar-refractivity contribution in [2.24, 2.45) is 0 Å². The van der Waals surface area contributed by atoms with Crippen molar-refractivity contribution in [3.8, 4) is 11.5 Å². The number of anilines is 1. The van der Waals surface area contributed by atoms with Crippen LogP contribution in [0.4, 0.5) is 14.5 Å². The van der Waals surface area contributed by atoms with E-state index in [9.17, 15) is 13.6 Å². The Morgan fingerprint density at radius 2 is 1.92 bits per heavy atom. The van der Waals surface area contributed by atoms with Crippen molar-refractivity contribution < 1.29 is 23.0 Å². The molecule has 2 aromatic carbocycles. The van der Waals surface area contributed by atoms with Gasteiger partial charge in [0.25, 0.3) is 0 Å². The van der Waals surface area contributed by atoms with Gasteiger partial charge >= 0.3 is 0 Å². The van der Waals surface area contributed by atoms with Crippen LogP contribution in [0.5, 0.6) is 11.5 Å². The highest BCUT2D eigenvalue weighted by Crippen LogP contribution is 2.28. The topological polar surface area (TPSA) is 47.6 Å². The van der Waals surface area contributed by atoms with Crippen molar-refractivity contribution in [2.45, 2.75) is 0 Å². The van der Waals surface area contributed by atoms with Gasteiger partial charge in [-0.2, -0.15) is 0 Å². The average Bonchev–Trinajstić information content (AvgIpc) is 2.61. The molecule has 0 radical (unpaired) electrons. The van der Waals surface area contributed by atoms with Crippen LogP contribution in [0.15, 0.2) is 55.1 Å². The summed E-state index contributed by atoms with van der Waals surface area (Å²) in [7, 11) is 1.50. The largest absolute Gasteiger partial charge is 0.493 e. The van der Waals surface area contributed by atoms with Gasteiger partial charge in [-0.25, -0.2) is 8.78 Å². The monoisotopic (exact) mass is 345 g/mol. The number of nitrogens with one attached hydrogen (secondary N) is 1. The van der Waals surface area contributed by atoms with E-state index in [1.807, 2.05) is 0 Å². The fourth-order valence-corrected chi connectivity index (χ4v) is 2.01. The summed E-state index contributed by atoms with van der Waals surface area (Å²) in [6, 6.07) is 8.43. The van der Waals surface area contributed by atoms with E-state index in [-0.39, 0.29) is 0 Å². The maximum atomic E-state index is 13.5. The highest BCUT2D eigenvalue weighted by atomic mass is 19.1. The summed E-state index contributed by atoms with van der Waals surface area (Å²) in [6.07, 6.45) is 4.28. The third-order valence-corrected chi connectivity index (χ3v) is 3.18. The summed E-state index contributed by atoms with van der Waals surface area (Å²) in [5, 5.41) is 2.17. The fraction of sp³-hybridized carbons (Fsp3) is 0.105. The molecule has 0 atom stereocenters. The van der Waals surface area contributed by atoms with Crippen molar-refractivity contribution in [2.75, 3.05) is 19.0 Å². The van der Waals surface area contributed by atoms with Gasteiger partial charge in [-0.3, -0.25) is 4.79 Å². The van der Waals surface area contributed by atoms with E-state index in [0.717, 1.165) is 12.1 Å². The number of hydrogen-bond acceptors (Lipinski definition) is 3. The van der Waals surface area contributed by atoms with Crippen LogP contribution in [0, 0.1) is 11.6 Å². The van der Waals surface area contributed by atoms with Crippen molar-refractivity contribution in [1.82, 2.24) is 0 Å². The first kappa shape index (κ1) is 18.2. The minimum absolute atomic E-state index is 0.335. The average molecular weight is 345 g/mol. The van der Waals surface area contributed by atoms with Gasteiger partial charge in [0.15, 0.2) is 11.5 Å². The first-order valence-electron chi connectivity index (χ1n) is 7.40. The van der Waals surface area contributed by atoms with Gasteiger partial charge in [0.2, 0.25) is 5.91 Å². The Bertz CT molecular complexity index is 783. The molecule has 2 rings (SSSR count). The zero-order chi connectivity index (χ0) is 18.2. The summed E-state index contributed by atoms with van der Waals surface area (Å²) in [6.45, 7) is 3.91. The highest BCUT2D eigenvalue weighted by Gasteiger charge is 2.10. The van der Waals surface area contributed by atoms with Gasteiger partial charge in [-0.15, -0.1) is 0 Å². The molecule has 0 fully saturated rings.